The molecule has 1 aliphatic rings. The molecule has 0 saturated carbocycles. The van der Waals surface area contributed by atoms with E-state index in [2.05, 4.69) is 18.0 Å². The van der Waals surface area contributed by atoms with Gasteiger partial charge >= 0.3 is 0 Å². The van der Waals surface area contributed by atoms with Crippen LogP contribution in [0.15, 0.2) is 18.2 Å². The van der Waals surface area contributed by atoms with Crippen LogP contribution in [0.2, 0.25) is 0 Å². The molecule has 1 aliphatic heterocycles. The molecule has 2 N–H and O–H groups in total. The van der Waals surface area contributed by atoms with Crippen LogP contribution in [0.4, 0.5) is 0 Å². The van der Waals surface area contributed by atoms with Gasteiger partial charge in [0.15, 0.2) is 11.5 Å². The second-order valence-corrected chi connectivity index (χ2v) is 5.75. The molecule has 0 aromatic heterocycles. The van der Waals surface area contributed by atoms with Gasteiger partial charge in [0.05, 0.1) is 7.11 Å². The van der Waals surface area contributed by atoms with E-state index < -0.39 is 0 Å². The Labute approximate surface area is 121 Å². The van der Waals surface area contributed by atoms with Crippen LogP contribution in [0.25, 0.3) is 0 Å². The number of nitrogens with two attached hydrogens (primary N) is 1. The molecule has 1 unspecified atom stereocenters. The van der Waals surface area contributed by atoms with Gasteiger partial charge in [-0.2, -0.15) is 0 Å². The van der Waals surface area contributed by atoms with Gasteiger partial charge in [0, 0.05) is 19.1 Å². The van der Waals surface area contributed by atoms with Crippen molar-refractivity contribution in [1.29, 1.82) is 0 Å². The molecule has 1 aromatic carbocycles. The van der Waals surface area contributed by atoms with Gasteiger partial charge in [0.2, 0.25) is 0 Å². The summed E-state index contributed by atoms with van der Waals surface area (Å²) < 4.78 is 11.7. The highest BCUT2D eigenvalue weighted by atomic mass is 16.5. The van der Waals surface area contributed by atoms with Gasteiger partial charge in [-0.25, -0.2) is 0 Å². The first kappa shape index (κ1) is 15.1. The van der Waals surface area contributed by atoms with E-state index >= 15 is 0 Å². The average molecular weight is 278 g/mol. The second kappa shape index (κ2) is 6.95. The Morgan fingerprint density at radius 3 is 2.65 bits per heavy atom. The van der Waals surface area contributed by atoms with Crippen molar-refractivity contribution in [2.24, 2.45) is 5.73 Å². The molecular formula is C16H26N2O2. The molecule has 0 amide bonds. The Morgan fingerprint density at radius 2 is 2.05 bits per heavy atom. The van der Waals surface area contributed by atoms with Gasteiger partial charge in [-0.05, 0) is 44.9 Å². The monoisotopic (exact) mass is 278 g/mol. The van der Waals surface area contributed by atoms with E-state index in [1.54, 1.807) is 7.11 Å². The number of hydrogen-bond acceptors (Lipinski definition) is 4. The number of nitrogens with zero attached hydrogens (tertiary/aromatic N) is 1. The zero-order valence-corrected chi connectivity index (χ0v) is 12.8. The molecule has 0 bridgehead atoms. The van der Waals surface area contributed by atoms with E-state index in [1.165, 1.54) is 0 Å². The summed E-state index contributed by atoms with van der Waals surface area (Å²) in [5.41, 5.74) is 7.07. The summed E-state index contributed by atoms with van der Waals surface area (Å²) in [6, 6.07) is 6.14. The number of hydrogen-bond donors (Lipinski definition) is 1. The summed E-state index contributed by atoms with van der Waals surface area (Å²) in [5, 5.41) is 0. The largest absolute Gasteiger partial charge is 0.493 e. The van der Waals surface area contributed by atoms with E-state index in [0.717, 1.165) is 49.4 Å². The van der Waals surface area contributed by atoms with Crippen LogP contribution < -0.4 is 15.2 Å². The molecule has 112 valence electrons. The van der Waals surface area contributed by atoms with E-state index in [-0.39, 0.29) is 12.1 Å². The fourth-order valence-electron chi connectivity index (χ4n) is 2.63. The third-order valence-corrected chi connectivity index (χ3v) is 3.77. The number of likely N-dealkylation sites (tertiary alicyclic amines) is 1. The maximum atomic E-state index is 6.25. The number of piperidine rings is 1. The lowest BCUT2D eigenvalue weighted by Crippen LogP contribution is -2.36. The Hall–Kier alpha value is -1.26. The molecule has 4 heteroatoms. The summed E-state index contributed by atoms with van der Waals surface area (Å²) >= 11 is 0. The van der Waals surface area contributed by atoms with Crippen LogP contribution in [0.5, 0.6) is 11.5 Å². The minimum absolute atomic E-state index is 0.113. The molecule has 0 aliphatic carbocycles. The quantitative estimate of drug-likeness (QED) is 0.895. The predicted molar refractivity (Wildman–Crippen MR) is 81.5 cm³/mol. The molecule has 1 atom stereocenters. The van der Waals surface area contributed by atoms with Crippen molar-refractivity contribution < 1.29 is 9.47 Å². The average Bonchev–Trinajstić information content (AvgIpc) is 2.42. The zero-order valence-electron chi connectivity index (χ0n) is 12.8. The van der Waals surface area contributed by atoms with Crippen LogP contribution >= 0.6 is 0 Å². The molecule has 1 saturated heterocycles. The van der Waals surface area contributed by atoms with Crippen LogP contribution in [0.3, 0.4) is 0 Å². The first-order valence-electron chi connectivity index (χ1n) is 7.36. The smallest absolute Gasteiger partial charge is 0.164 e. The first-order chi connectivity index (χ1) is 9.60. The van der Waals surface area contributed by atoms with Crippen LogP contribution in [-0.4, -0.2) is 44.3 Å². The number of ether oxygens (including phenoxy) is 2. The number of methoxy groups -OCH3 is 1. The predicted octanol–water partition coefficient (Wildman–Crippen LogP) is 2.06. The summed E-state index contributed by atoms with van der Waals surface area (Å²) in [6.07, 6.45) is 3.20. The SMILES string of the molecule is COc1cccc(CC(C)N)c1OC1CCN(C)CC1. The van der Waals surface area contributed by atoms with E-state index in [0.29, 0.717) is 0 Å². The fourth-order valence-corrected chi connectivity index (χ4v) is 2.63. The maximum absolute atomic E-state index is 6.25. The Morgan fingerprint density at radius 1 is 1.35 bits per heavy atom. The molecule has 2 rings (SSSR count). The van der Waals surface area contributed by atoms with E-state index in [1.807, 2.05) is 19.1 Å². The Bertz CT molecular complexity index is 426. The maximum Gasteiger partial charge on any atom is 0.164 e. The van der Waals surface area contributed by atoms with Crippen LogP contribution in [0.1, 0.15) is 25.3 Å². The highest BCUT2D eigenvalue weighted by Gasteiger charge is 2.21. The van der Waals surface area contributed by atoms with Crippen molar-refractivity contribution in [3.05, 3.63) is 23.8 Å². The lowest BCUT2D eigenvalue weighted by atomic mass is 10.0. The molecule has 0 radical (unpaired) electrons. The van der Waals surface area contributed by atoms with Gasteiger partial charge in [0.25, 0.3) is 0 Å². The molecule has 20 heavy (non-hydrogen) atoms. The Kier molecular flexibility index (Phi) is 5.26. The van der Waals surface area contributed by atoms with E-state index in [9.17, 15) is 0 Å². The first-order valence-corrected chi connectivity index (χ1v) is 7.36. The van der Waals surface area contributed by atoms with Crippen LogP contribution in [0, 0.1) is 0 Å². The normalized spacial score (nSPS) is 18.8. The molecule has 4 nitrogen and oxygen atoms in total. The molecule has 1 heterocycles. The minimum Gasteiger partial charge on any atom is -0.493 e. The highest BCUT2D eigenvalue weighted by Crippen LogP contribution is 2.34. The highest BCUT2D eigenvalue weighted by molar-refractivity contribution is 5.47. The molecule has 1 fully saturated rings. The lowest BCUT2D eigenvalue weighted by molar-refractivity contribution is 0.110. The van der Waals surface area contributed by atoms with Crippen molar-refractivity contribution in [3.8, 4) is 11.5 Å². The second-order valence-electron chi connectivity index (χ2n) is 5.75. The van der Waals surface area contributed by atoms with Gasteiger partial charge in [0.1, 0.15) is 6.10 Å². The Balaban J connectivity index is 2.15. The van der Waals surface area contributed by atoms with Crippen molar-refractivity contribution in [2.45, 2.75) is 38.3 Å². The lowest BCUT2D eigenvalue weighted by Gasteiger charge is -2.30. The fraction of sp³-hybridized carbons (Fsp3) is 0.625. The van der Waals surface area contributed by atoms with Crippen molar-refractivity contribution in [1.82, 2.24) is 4.90 Å². The third kappa shape index (κ3) is 3.87. The summed E-state index contributed by atoms with van der Waals surface area (Å²) in [6.45, 7) is 4.18. The zero-order chi connectivity index (χ0) is 14.5. The number of benzene rings is 1. The minimum atomic E-state index is 0.113. The topological polar surface area (TPSA) is 47.7 Å². The molecule has 1 aromatic rings. The van der Waals surface area contributed by atoms with Crippen molar-refractivity contribution in [3.63, 3.8) is 0 Å². The number of rotatable bonds is 5. The molecule has 0 spiro atoms. The summed E-state index contributed by atoms with van der Waals surface area (Å²) in [4.78, 5) is 2.34. The van der Waals surface area contributed by atoms with E-state index in [4.69, 9.17) is 15.2 Å². The summed E-state index contributed by atoms with van der Waals surface area (Å²) in [5.74, 6) is 1.68. The van der Waals surface area contributed by atoms with Gasteiger partial charge < -0.3 is 20.1 Å². The van der Waals surface area contributed by atoms with Crippen molar-refractivity contribution >= 4 is 0 Å². The standard InChI is InChI=1S/C16H26N2O2/c1-12(17)11-13-5-4-6-15(19-3)16(13)20-14-7-9-18(2)10-8-14/h4-6,12,14H,7-11,17H2,1-3H3. The van der Waals surface area contributed by atoms with Gasteiger partial charge in [-0.1, -0.05) is 12.1 Å². The van der Waals surface area contributed by atoms with Gasteiger partial charge in [-0.3, -0.25) is 0 Å². The summed E-state index contributed by atoms with van der Waals surface area (Å²) in [7, 11) is 3.84. The van der Waals surface area contributed by atoms with Crippen LogP contribution in [-0.2, 0) is 6.42 Å². The molecular weight excluding hydrogens is 252 g/mol. The van der Waals surface area contributed by atoms with Gasteiger partial charge in [-0.15, -0.1) is 0 Å². The van der Waals surface area contributed by atoms with Crippen molar-refractivity contribution in [2.75, 3.05) is 27.2 Å². The third-order valence-electron chi connectivity index (χ3n) is 3.77. The number of para-hydroxylation sites is 1.